The number of amides is 2. The van der Waals surface area contributed by atoms with Gasteiger partial charge >= 0.3 is 0 Å². The molecule has 2 amide bonds. The Morgan fingerprint density at radius 2 is 1.78 bits per heavy atom. The molecule has 0 heterocycles. The van der Waals surface area contributed by atoms with Crippen molar-refractivity contribution in [2.75, 3.05) is 23.7 Å². The molecule has 0 aliphatic carbocycles. The molecule has 9 heteroatoms. The van der Waals surface area contributed by atoms with E-state index in [-0.39, 0.29) is 12.5 Å². The minimum Gasteiger partial charge on any atom is -0.355 e. The summed E-state index contributed by atoms with van der Waals surface area (Å²) in [6.07, 6.45) is 1.46. The molecular formula is C23H30BrN3O4S. The fourth-order valence-corrected chi connectivity index (χ4v) is 4.69. The Kier molecular flexibility index (Phi) is 9.27. The van der Waals surface area contributed by atoms with E-state index in [4.69, 9.17) is 0 Å². The van der Waals surface area contributed by atoms with Gasteiger partial charge in [0.25, 0.3) is 0 Å². The number of aryl methyl sites for hydroxylation is 1. The number of hydrogen-bond acceptors (Lipinski definition) is 4. The zero-order chi connectivity index (χ0) is 23.9. The van der Waals surface area contributed by atoms with Crippen molar-refractivity contribution in [1.29, 1.82) is 0 Å². The van der Waals surface area contributed by atoms with Crippen LogP contribution in [0.1, 0.15) is 31.4 Å². The Morgan fingerprint density at radius 3 is 2.34 bits per heavy atom. The van der Waals surface area contributed by atoms with Crippen LogP contribution < -0.4 is 9.62 Å². The van der Waals surface area contributed by atoms with E-state index in [2.05, 4.69) is 21.2 Å². The van der Waals surface area contributed by atoms with Crippen LogP contribution in [0.25, 0.3) is 0 Å². The van der Waals surface area contributed by atoms with Gasteiger partial charge in [0.1, 0.15) is 12.6 Å². The maximum Gasteiger partial charge on any atom is 0.244 e. The number of anilines is 1. The Labute approximate surface area is 199 Å². The average molecular weight is 524 g/mol. The molecule has 0 aliphatic heterocycles. The number of halogens is 1. The van der Waals surface area contributed by atoms with Gasteiger partial charge in [0.05, 0.1) is 11.9 Å². The van der Waals surface area contributed by atoms with Gasteiger partial charge in [-0.2, -0.15) is 0 Å². The number of likely N-dealkylation sites (N-methyl/N-ethyl adjacent to an activating group) is 1. The predicted molar refractivity (Wildman–Crippen MR) is 131 cm³/mol. The van der Waals surface area contributed by atoms with Gasteiger partial charge in [-0.1, -0.05) is 58.7 Å². The van der Waals surface area contributed by atoms with Crippen molar-refractivity contribution in [2.45, 2.75) is 39.8 Å². The largest absolute Gasteiger partial charge is 0.355 e. The first kappa shape index (κ1) is 25.9. The summed E-state index contributed by atoms with van der Waals surface area (Å²) in [5.74, 6) is -0.709. The molecule has 1 atom stereocenters. The van der Waals surface area contributed by atoms with Gasteiger partial charge in [-0.15, -0.1) is 0 Å². The number of carbonyl (C=O) groups is 2. The molecule has 7 nitrogen and oxygen atoms in total. The third-order valence-electron chi connectivity index (χ3n) is 4.95. The number of nitrogens with zero attached hydrogens (tertiary/aromatic N) is 2. The smallest absolute Gasteiger partial charge is 0.244 e. The molecule has 1 N–H and O–H groups in total. The molecule has 174 valence electrons. The van der Waals surface area contributed by atoms with E-state index < -0.39 is 28.5 Å². The molecule has 2 aromatic rings. The van der Waals surface area contributed by atoms with Crippen molar-refractivity contribution < 1.29 is 18.0 Å². The van der Waals surface area contributed by atoms with Gasteiger partial charge in [-0.3, -0.25) is 13.9 Å². The van der Waals surface area contributed by atoms with E-state index in [1.165, 1.54) is 4.90 Å². The minimum absolute atomic E-state index is 0.201. The maximum atomic E-state index is 13.5. The third kappa shape index (κ3) is 7.06. The van der Waals surface area contributed by atoms with Crippen LogP contribution in [0.5, 0.6) is 0 Å². The number of rotatable bonds is 10. The first-order valence-electron chi connectivity index (χ1n) is 10.4. The fraction of sp³-hybridized carbons (Fsp3) is 0.391. The van der Waals surface area contributed by atoms with E-state index in [9.17, 15) is 18.0 Å². The summed E-state index contributed by atoms with van der Waals surface area (Å²) in [6, 6.07) is 13.7. The molecule has 0 radical (unpaired) electrons. The number of sulfonamides is 1. The van der Waals surface area contributed by atoms with E-state index in [1.807, 2.05) is 45.0 Å². The van der Waals surface area contributed by atoms with E-state index in [0.29, 0.717) is 23.1 Å². The summed E-state index contributed by atoms with van der Waals surface area (Å²) in [5.41, 5.74) is 2.28. The van der Waals surface area contributed by atoms with Crippen LogP contribution in [0.4, 0.5) is 5.69 Å². The van der Waals surface area contributed by atoms with E-state index >= 15 is 0 Å². The summed E-state index contributed by atoms with van der Waals surface area (Å²) >= 11 is 3.34. The van der Waals surface area contributed by atoms with Crippen LogP contribution >= 0.6 is 15.9 Å². The maximum absolute atomic E-state index is 13.5. The van der Waals surface area contributed by atoms with Crippen LogP contribution in [0.15, 0.2) is 53.0 Å². The summed E-state index contributed by atoms with van der Waals surface area (Å²) in [6.45, 7) is 5.84. The first-order valence-corrected chi connectivity index (χ1v) is 13.1. The quantitative estimate of drug-likeness (QED) is 0.516. The molecule has 0 fully saturated rings. The van der Waals surface area contributed by atoms with E-state index in [0.717, 1.165) is 21.7 Å². The molecule has 0 aliphatic rings. The Hall–Kier alpha value is -2.39. The molecule has 0 unspecified atom stereocenters. The van der Waals surface area contributed by atoms with Gasteiger partial charge in [0.2, 0.25) is 21.8 Å². The average Bonchev–Trinajstić information content (AvgIpc) is 2.71. The Balaban J connectivity index is 2.43. The van der Waals surface area contributed by atoms with Crippen LogP contribution in [0.2, 0.25) is 0 Å². The lowest BCUT2D eigenvalue weighted by molar-refractivity contribution is -0.140. The molecular weight excluding hydrogens is 494 g/mol. The van der Waals surface area contributed by atoms with Crippen molar-refractivity contribution in [3.05, 3.63) is 64.1 Å². The fourth-order valence-electron chi connectivity index (χ4n) is 3.46. The molecule has 32 heavy (non-hydrogen) atoms. The highest BCUT2D eigenvalue weighted by atomic mass is 79.9. The van der Waals surface area contributed by atoms with Crippen molar-refractivity contribution in [1.82, 2.24) is 10.2 Å². The molecule has 0 bridgehead atoms. The minimum atomic E-state index is -3.74. The van der Waals surface area contributed by atoms with Gasteiger partial charge < -0.3 is 10.2 Å². The highest BCUT2D eigenvalue weighted by Gasteiger charge is 2.31. The number of carbonyl (C=O) groups excluding carboxylic acids is 2. The molecule has 0 saturated carbocycles. The van der Waals surface area contributed by atoms with Crippen LogP contribution in [0.3, 0.4) is 0 Å². The topological polar surface area (TPSA) is 86.8 Å². The summed E-state index contributed by atoms with van der Waals surface area (Å²) in [4.78, 5) is 27.7. The highest BCUT2D eigenvalue weighted by molar-refractivity contribution is 9.10. The number of hydrogen-bond donors (Lipinski definition) is 1. The standard InChI is InChI=1S/C23H30BrN3O4S/c1-5-21(23(29)25-6-2)26(15-18-10-7-9-17(3)13-18)22(28)16-27(32(4,30)31)20-12-8-11-19(24)14-20/h7-14,21H,5-6,15-16H2,1-4H3,(H,25,29)/t21-/m0/s1. The van der Waals surface area contributed by atoms with Gasteiger partial charge in [0, 0.05) is 17.6 Å². The molecule has 2 aromatic carbocycles. The zero-order valence-corrected chi connectivity index (χ0v) is 21.2. The highest BCUT2D eigenvalue weighted by Crippen LogP contribution is 2.23. The van der Waals surface area contributed by atoms with Crippen molar-refractivity contribution in [3.8, 4) is 0 Å². The van der Waals surface area contributed by atoms with Gasteiger partial charge in [0.15, 0.2) is 0 Å². The van der Waals surface area contributed by atoms with Crippen molar-refractivity contribution in [3.63, 3.8) is 0 Å². The SMILES string of the molecule is CCNC(=O)[C@H](CC)N(Cc1cccc(C)c1)C(=O)CN(c1cccc(Br)c1)S(C)(=O)=O. The second-order valence-electron chi connectivity index (χ2n) is 7.58. The third-order valence-corrected chi connectivity index (χ3v) is 6.58. The van der Waals surface area contributed by atoms with Gasteiger partial charge in [-0.05, 0) is 44.0 Å². The molecule has 0 aromatic heterocycles. The summed E-state index contributed by atoms with van der Waals surface area (Å²) in [7, 11) is -3.74. The van der Waals surface area contributed by atoms with Gasteiger partial charge in [-0.25, -0.2) is 8.42 Å². The number of benzene rings is 2. The lowest BCUT2D eigenvalue weighted by Gasteiger charge is -2.32. The Morgan fingerprint density at radius 1 is 1.09 bits per heavy atom. The second kappa shape index (κ2) is 11.5. The van der Waals surface area contributed by atoms with Crippen LogP contribution in [0, 0.1) is 6.92 Å². The van der Waals surface area contributed by atoms with E-state index in [1.54, 1.807) is 24.3 Å². The summed E-state index contributed by atoms with van der Waals surface area (Å²) in [5, 5.41) is 2.78. The predicted octanol–water partition coefficient (Wildman–Crippen LogP) is 3.47. The first-order chi connectivity index (χ1) is 15.1. The number of nitrogens with one attached hydrogen (secondary N) is 1. The second-order valence-corrected chi connectivity index (χ2v) is 10.4. The summed E-state index contributed by atoms with van der Waals surface area (Å²) < 4.78 is 26.8. The molecule has 0 saturated heterocycles. The lowest BCUT2D eigenvalue weighted by atomic mass is 10.1. The monoisotopic (exact) mass is 523 g/mol. The molecule has 2 rings (SSSR count). The van der Waals surface area contributed by atoms with Crippen molar-refractivity contribution >= 4 is 43.5 Å². The molecule has 0 spiro atoms. The van der Waals surface area contributed by atoms with Crippen LogP contribution in [-0.2, 0) is 26.2 Å². The Bertz CT molecular complexity index is 1060. The van der Waals surface area contributed by atoms with Crippen LogP contribution in [-0.4, -0.2) is 50.5 Å². The normalized spacial score (nSPS) is 12.2. The lowest BCUT2D eigenvalue weighted by Crippen LogP contribution is -2.52. The van der Waals surface area contributed by atoms with Crippen molar-refractivity contribution in [2.24, 2.45) is 0 Å². The zero-order valence-electron chi connectivity index (χ0n) is 18.8.